The topological polar surface area (TPSA) is 71.5 Å². The van der Waals surface area contributed by atoms with E-state index in [0.717, 1.165) is 10.7 Å². The van der Waals surface area contributed by atoms with E-state index in [1.165, 1.54) is 7.11 Å². The third-order valence-corrected chi connectivity index (χ3v) is 4.71. The minimum absolute atomic E-state index is 0.0352. The summed E-state index contributed by atoms with van der Waals surface area (Å²) in [5, 5.41) is 5.86. The van der Waals surface area contributed by atoms with Crippen molar-refractivity contribution in [2.24, 2.45) is 5.92 Å². The van der Waals surface area contributed by atoms with Gasteiger partial charge < -0.3 is 15.0 Å². The Hall–Kier alpha value is -1.63. The van der Waals surface area contributed by atoms with Crippen LogP contribution in [0.3, 0.4) is 0 Å². The third-order valence-electron chi connectivity index (χ3n) is 3.51. The highest BCUT2D eigenvalue weighted by molar-refractivity contribution is 7.09. The second kappa shape index (κ2) is 8.86. The van der Waals surface area contributed by atoms with Crippen LogP contribution in [0.5, 0.6) is 0 Å². The molecule has 0 aromatic carbocycles. The lowest BCUT2D eigenvalue weighted by Gasteiger charge is -2.24. The van der Waals surface area contributed by atoms with Crippen LogP contribution >= 0.6 is 11.3 Å². The largest absolute Gasteiger partial charge is 0.467 e. The number of hydrogen-bond acceptors (Lipinski definition) is 5. The monoisotopic (exact) mass is 341 g/mol. The van der Waals surface area contributed by atoms with Crippen LogP contribution in [0.15, 0.2) is 5.38 Å². The molecule has 0 radical (unpaired) electrons. The molecule has 0 aliphatic carbocycles. The van der Waals surface area contributed by atoms with Crippen molar-refractivity contribution in [1.82, 2.24) is 15.2 Å². The van der Waals surface area contributed by atoms with Crippen molar-refractivity contribution in [2.75, 3.05) is 20.7 Å². The molecule has 0 aliphatic rings. The molecule has 1 atom stereocenters. The van der Waals surface area contributed by atoms with Gasteiger partial charge in [0, 0.05) is 31.3 Å². The number of nitrogens with one attached hydrogen (secondary N) is 1. The van der Waals surface area contributed by atoms with Gasteiger partial charge in [-0.2, -0.15) is 0 Å². The Labute approximate surface area is 142 Å². The predicted octanol–water partition coefficient (Wildman–Crippen LogP) is 2.65. The second-order valence-electron chi connectivity index (χ2n) is 6.20. The van der Waals surface area contributed by atoms with Gasteiger partial charge in [-0.05, 0) is 5.92 Å². The number of hydrogen-bond donors (Lipinski definition) is 1. The number of rotatable bonds is 7. The fraction of sp³-hybridized carbons (Fsp3) is 0.688. The number of carbonyl (C=O) groups is 2. The van der Waals surface area contributed by atoms with Gasteiger partial charge in [-0.25, -0.2) is 14.6 Å². The zero-order chi connectivity index (χ0) is 17.6. The van der Waals surface area contributed by atoms with Gasteiger partial charge in [0.15, 0.2) is 0 Å². The van der Waals surface area contributed by atoms with Gasteiger partial charge in [0.2, 0.25) is 0 Å². The van der Waals surface area contributed by atoms with Crippen LogP contribution in [0.4, 0.5) is 4.79 Å². The lowest BCUT2D eigenvalue weighted by atomic mass is 10.1. The zero-order valence-corrected chi connectivity index (χ0v) is 15.6. The minimum atomic E-state index is -0.637. The van der Waals surface area contributed by atoms with E-state index in [-0.39, 0.29) is 11.9 Å². The van der Waals surface area contributed by atoms with Crippen LogP contribution in [0.1, 0.15) is 44.3 Å². The molecule has 7 heteroatoms. The Balaban J connectivity index is 2.54. The van der Waals surface area contributed by atoms with Crippen LogP contribution < -0.4 is 5.32 Å². The number of methoxy groups -OCH3 is 1. The molecule has 0 fully saturated rings. The summed E-state index contributed by atoms with van der Waals surface area (Å²) in [5.41, 5.74) is 0.992. The summed E-state index contributed by atoms with van der Waals surface area (Å²) in [6.45, 7) is 8.50. The number of thiazole rings is 1. The van der Waals surface area contributed by atoms with Crippen LogP contribution in [0.25, 0.3) is 0 Å². The Morgan fingerprint density at radius 1 is 1.35 bits per heavy atom. The molecule has 1 aromatic rings. The van der Waals surface area contributed by atoms with E-state index in [1.54, 1.807) is 23.3 Å². The maximum atomic E-state index is 12.2. The first kappa shape index (κ1) is 19.4. The van der Waals surface area contributed by atoms with Gasteiger partial charge in [-0.3, -0.25) is 0 Å². The van der Waals surface area contributed by atoms with E-state index < -0.39 is 12.0 Å². The number of likely N-dealkylation sites (N-methyl/N-ethyl adjacent to an activating group) is 1. The van der Waals surface area contributed by atoms with Gasteiger partial charge in [0.25, 0.3) is 0 Å². The molecule has 1 N–H and O–H groups in total. The fourth-order valence-corrected chi connectivity index (χ4v) is 2.82. The molecule has 0 aliphatic heterocycles. The van der Waals surface area contributed by atoms with Crippen LogP contribution in [-0.4, -0.2) is 48.6 Å². The number of aromatic nitrogens is 1. The van der Waals surface area contributed by atoms with Crippen LogP contribution in [0, 0.1) is 5.92 Å². The van der Waals surface area contributed by atoms with Gasteiger partial charge in [0.05, 0.1) is 17.8 Å². The van der Waals surface area contributed by atoms with Crippen molar-refractivity contribution in [3.63, 3.8) is 0 Å². The normalized spacial score (nSPS) is 12.3. The molecule has 0 saturated heterocycles. The molecule has 0 saturated carbocycles. The van der Waals surface area contributed by atoms with E-state index >= 15 is 0 Å². The van der Waals surface area contributed by atoms with Crippen molar-refractivity contribution in [2.45, 2.75) is 46.1 Å². The summed E-state index contributed by atoms with van der Waals surface area (Å²) >= 11 is 1.65. The van der Waals surface area contributed by atoms with E-state index in [1.807, 2.05) is 19.2 Å². The molecule has 0 bridgehead atoms. The quantitative estimate of drug-likeness (QED) is 0.774. The summed E-state index contributed by atoms with van der Waals surface area (Å²) in [6.07, 6.45) is 0.692. The number of carbonyl (C=O) groups excluding carboxylic acids is 2. The SMILES string of the molecule is COC(=O)[C@@H](NC(=O)N(C)CCc1csc(C(C)C)n1)C(C)C. The van der Waals surface area contributed by atoms with Crippen molar-refractivity contribution in [3.05, 3.63) is 16.1 Å². The molecule has 6 nitrogen and oxygen atoms in total. The van der Waals surface area contributed by atoms with Crippen molar-refractivity contribution >= 4 is 23.3 Å². The number of urea groups is 1. The zero-order valence-electron chi connectivity index (χ0n) is 14.8. The van der Waals surface area contributed by atoms with Gasteiger partial charge in [0.1, 0.15) is 6.04 Å². The Morgan fingerprint density at radius 3 is 2.48 bits per heavy atom. The molecule has 130 valence electrons. The lowest BCUT2D eigenvalue weighted by Crippen LogP contribution is -2.49. The van der Waals surface area contributed by atoms with Crippen LogP contribution in [-0.2, 0) is 16.0 Å². The van der Waals surface area contributed by atoms with Crippen molar-refractivity contribution in [3.8, 4) is 0 Å². The molecule has 0 spiro atoms. The number of ether oxygens (including phenoxy) is 1. The highest BCUT2D eigenvalue weighted by atomic mass is 32.1. The minimum Gasteiger partial charge on any atom is -0.467 e. The molecule has 1 heterocycles. The highest BCUT2D eigenvalue weighted by Gasteiger charge is 2.26. The third kappa shape index (κ3) is 5.82. The van der Waals surface area contributed by atoms with E-state index in [9.17, 15) is 9.59 Å². The number of nitrogens with zero attached hydrogens (tertiary/aromatic N) is 2. The Bertz CT molecular complexity index is 528. The van der Waals surface area contributed by atoms with E-state index in [4.69, 9.17) is 4.74 Å². The van der Waals surface area contributed by atoms with E-state index in [2.05, 4.69) is 24.1 Å². The molecule has 23 heavy (non-hydrogen) atoms. The molecule has 1 rings (SSSR count). The standard InChI is InChI=1S/C16H27N3O3S/c1-10(2)13(15(20)22-6)18-16(21)19(5)8-7-12-9-23-14(17-12)11(3)4/h9-11,13H,7-8H2,1-6H3,(H,18,21)/t13-/m0/s1. The summed E-state index contributed by atoms with van der Waals surface area (Å²) < 4.78 is 4.73. The first-order chi connectivity index (χ1) is 10.8. The predicted molar refractivity (Wildman–Crippen MR) is 91.7 cm³/mol. The Morgan fingerprint density at radius 2 is 2.00 bits per heavy atom. The molecule has 0 unspecified atom stereocenters. The van der Waals surface area contributed by atoms with Crippen molar-refractivity contribution in [1.29, 1.82) is 0 Å². The number of esters is 1. The second-order valence-corrected chi connectivity index (χ2v) is 7.09. The maximum Gasteiger partial charge on any atom is 0.328 e. The fourth-order valence-electron chi connectivity index (χ4n) is 1.95. The molecular weight excluding hydrogens is 314 g/mol. The first-order valence-electron chi connectivity index (χ1n) is 7.80. The molecule has 2 amide bonds. The average Bonchev–Trinajstić information content (AvgIpc) is 2.98. The lowest BCUT2D eigenvalue weighted by molar-refractivity contribution is -0.144. The summed E-state index contributed by atoms with van der Waals surface area (Å²) in [5.74, 6) is -0.0450. The maximum absolute atomic E-state index is 12.2. The smallest absolute Gasteiger partial charge is 0.328 e. The highest BCUT2D eigenvalue weighted by Crippen LogP contribution is 2.19. The van der Waals surface area contributed by atoms with Crippen LogP contribution in [0.2, 0.25) is 0 Å². The van der Waals surface area contributed by atoms with Gasteiger partial charge in [-0.15, -0.1) is 11.3 Å². The van der Waals surface area contributed by atoms with E-state index in [0.29, 0.717) is 18.9 Å². The molecular formula is C16H27N3O3S. The summed E-state index contributed by atoms with van der Waals surface area (Å²) in [4.78, 5) is 30.0. The summed E-state index contributed by atoms with van der Waals surface area (Å²) in [7, 11) is 3.03. The Kier molecular flexibility index (Phi) is 7.48. The number of amides is 2. The molecule has 1 aromatic heterocycles. The first-order valence-corrected chi connectivity index (χ1v) is 8.68. The van der Waals surface area contributed by atoms with Crippen molar-refractivity contribution < 1.29 is 14.3 Å². The average molecular weight is 341 g/mol. The summed E-state index contributed by atoms with van der Waals surface area (Å²) in [6, 6.07) is -0.921. The van der Waals surface area contributed by atoms with Gasteiger partial charge >= 0.3 is 12.0 Å². The van der Waals surface area contributed by atoms with Gasteiger partial charge in [-0.1, -0.05) is 27.7 Å².